The van der Waals surface area contributed by atoms with E-state index in [1.165, 1.54) is 0 Å². The third-order valence-corrected chi connectivity index (χ3v) is 3.81. The van der Waals surface area contributed by atoms with E-state index >= 15 is 0 Å². The molecule has 20 heavy (non-hydrogen) atoms. The summed E-state index contributed by atoms with van der Waals surface area (Å²) in [6.45, 7) is 5.29. The number of aromatic amines is 1. The Labute approximate surface area is 120 Å². The van der Waals surface area contributed by atoms with Gasteiger partial charge in [-0.05, 0) is 44.1 Å². The predicted molar refractivity (Wildman–Crippen MR) is 77.5 cm³/mol. The van der Waals surface area contributed by atoms with E-state index in [-0.39, 0.29) is 18.6 Å². The molecule has 2 heterocycles. The summed E-state index contributed by atoms with van der Waals surface area (Å²) in [5.74, 6) is 0.569. The van der Waals surface area contributed by atoms with E-state index in [4.69, 9.17) is 5.11 Å². The first-order valence-corrected chi connectivity index (χ1v) is 7.58. The van der Waals surface area contributed by atoms with Gasteiger partial charge in [0.05, 0.1) is 0 Å². The van der Waals surface area contributed by atoms with Crippen LogP contribution in [0, 0.1) is 5.92 Å². The summed E-state index contributed by atoms with van der Waals surface area (Å²) >= 11 is 0. The molecule has 1 unspecified atom stereocenters. The minimum absolute atomic E-state index is 0.0247. The van der Waals surface area contributed by atoms with Crippen molar-refractivity contribution in [2.45, 2.75) is 52.0 Å². The lowest BCUT2D eigenvalue weighted by molar-refractivity contribution is 0.0718. The van der Waals surface area contributed by atoms with E-state index < -0.39 is 0 Å². The van der Waals surface area contributed by atoms with Crippen LogP contribution in [0.15, 0.2) is 6.07 Å². The summed E-state index contributed by atoms with van der Waals surface area (Å²) in [5, 5.41) is 16.1. The number of aliphatic hydroxyl groups excluding tert-OH is 1. The number of rotatable bonds is 6. The molecular weight excluding hydrogens is 254 g/mol. The Morgan fingerprint density at radius 1 is 1.60 bits per heavy atom. The number of carbonyl (C=O) groups is 1. The molecule has 0 radical (unpaired) electrons. The van der Waals surface area contributed by atoms with Crippen molar-refractivity contribution < 1.29 is 9.90 Å². The molecule has 2 N–H and O–H groups in total. The number of nitrogens with zero attached hydrogens (tertiary/aromatic N) is 2. The first kappa shape index (κ1) is 15.0. The largest absolute Gasteiger partial charge is 0.396 e. The van der Waals surface area contributed by atoms with Gasteiger partial charge < -0.3 is 10.0 Å². The molecule has 1 aromatic heterocycles. The van der Waals surface area contributed by atoms with Gasteiger partial charge in [-0.3, -0.25) is 9.89 Å². The smallest absolute Gasteiger partial charge is 0.274 e. The highest BCUT2D eigenvalue weighted by molar-refractivity contribution is 5.92. The van der Waals surface area contributed by atoms with Crippen molar-refractivity contribution >= 4 is 5.91 Å². The van der Waals surface area contributed by atoms with E-state index in [1.54, 1.807) is 0 Å². The molecule has 5 heteroatoms. The third kappa shape index (κ3) is 3.60. The number of likely N-dealkylation sites (tertiary alicyclic amines) is 1. The molecule has 5 nitrogen and oxygen atoms in total. The van der Waals surface area contributed by atoms with Gasteiger partial charge in [0.25, 0.3) is 5.91 Å². The molecule has 0 saturated carbocycles. The molecule has 1 saturated heterocycles. The van der Waals surface area contributed by atoms with Gasteiger partial charge in [0, 0.05) is 24.9 Å². The van der Waals surface area contributed by atoms with Crippen molar-refractivity contribution in [1.29, 1.82) is 0 Å². The Kier molecular flexibility index (Phi) is 5.17. The minimum Gasteiger partial charge on any atom is -0.396 e. The molecule has 0 aromatic carbocycles. The highest BCUT2D eigenvalue weighted by Crippen LogP contribution is 2.23. The van der Waals surface area contributed by atoms with Crippen molar-refractivity contribution in [3.8, 4) is 0 Å². The zero-order valence-corrected chi connectivity index (χ0v) is 12.4. The summed E-state index contributed by atoms with van der Waals surface area (Å²) in [5.41, 5.74) is 1.55. The van der Waals surface area contributed by atoms with E-state index in [0.717, 1.165) is 44.3 Å². The topological polar surface area (TPSA) is 69.2 Å². The molecule has 1 fully saturated rings. The molecule has 0 spiro atoms. The third-order valence-electron chi connectivity index (χ3n) is 3.81. The summed E-state index contributed by atoms with van der Waals surface area (Å²) in [7, 11) is 0. The predicted octanol–water partition coefficient (Wildman–Crippen LogP) is 1.99. The van der Waals surface area contributed by atoms with Crippen molar-refractivity contribution in [3.05, 3.63) is 17.5 Å². The molecule has 2 rings (SSSR count). The summed E-state index contributed by atoms with van der Waals surface area (Å²) in [6, 6.07) is 2.14. The zero-order chi connectivity index (χ0) is 14.5. The molecular formula is C15H25N3O2. The van der Waals surface area contributed by atoms with Crippen LogP contribution in [-0.4, -0.2) is 45.3 Å². The lowest BCUT2D eigenvalue weighted by atomic mass is 10.1. The normalized spacial score (nSPS) is 19.0. The van der Waals surface area contributed by atoms with Crippen LogP contribution in [0.5, 0.6) is 0 Å². The standard InChI is InChI=1S/C15H25N3O2/c1-11(2)9-12-10-14(17-16-12)15(20)18-7-3-5-13(18)6-4-8-19/h10-11,13,19H,3-9H2,1-2H3,(H,16,17). The van der Waals surface area contributed by atoms with Gasteiger partial charge in [0.2, 0.25) is 0 Å². The van der Waals surface area contributed by atoms with Gasteiger partial charge >= 0.3 is 0 Å². The number of hydrogen-bond acceptors (Lipinski definition) is 3. The van der Waals surface area contributed by atoms with Gasteiger partial charge in [-0.2, -0.15) is 5.10 Å². The maximum absolute atomic E-state index is 12.5. The molecule has 1 amide bonds. The first-order valence-electron chi connectivity index (χ1n) is 7.58. The van der Waals surface area contributed by atoms with Crippen LogP contribution in [0.1, 0.15) is 55.7 Å². The highest BCUT2D eigenvalue weighted by Gasteiger charge is 2.30. The van der Waals surface area contributed by atoms with Crippen LogP contribution in [0.2, 0.25) is 0 Å². The number of carbonyl (C=O) groups excluding carboxylic acids is 1. The van der Waals surface area contributed by atoms with Crippen molar-refractivity contribution in [2.24, 2.45) is 5.92 Å². The van der Waals surface area contributed by atoms with Crippen LogP contribution >= 0.6 is 0 Å². The van der Waals surface area contributed by atoms with Crippen LogP contribution in [-0.2, 0) is 6.42 Å². The number of hydrogen-bond donors (Lipinski definition) is 2. The second-order valence-corrected chi connectivity index (χ2v) is 6.04. The quantitative estimate of drug-likeness (QED) is 0.836. The number of H-pyrrole nitrogens is 1. The second-order valence-electron chi connectivity index (χ2n) is 6.04. The van der Waals surface area contributed by atoms with E-state index in [0.29, 0.717) is 11.6 Å². The lowest BCUT2D eigenvalue weighted by Crippen LogP contribution is -2.35. The summed E-state index contributed by atoms with van der Waals surface area (Å²) < 4.78 is 0. The van der Waals surface area contributed by atoms with Gasteiger partial charge in [0.1, 0.15) is 5.69 Å². The van der Waals surface area contributed by atoms with Crippen LogP contribution in [0.4, 0.5) is 0 Å². The first-order chi connectivity index (χ1) is 9.61. The van der Waals surface area contributed by atoms with Gasteiger partial charge in [0.15, 0.2) is 0 Å². The Balaban J connectivity index is 2.00. The zero-order valence-electron chi connectivity index (χ0n) is 12.4. The molecule has 0 aliphatic carbocycles. The van der Waals surface area contributed by atoms with E-state index in [9.17, 15) is 4.79 Å². The summed E-state index contributed by atoms with van der Waals surface area (Å²) in [4.78, 5) is 14.4. The minimum atomic E-state index is 0.0247. The fraction of sp³-hybridized carbons (Fsp3) is 0.733. The number of aliphatic hydroxyl groups is 1. The molecule has 112 valence electrons. The Morgan fingerprint density at radius 3 is 3.10 bits per heavy atom. The number of aromatic nitrogens is 2. The fourth-order valence-electron chi connectivity index (χ4n) is 2.89. The van der Waals surface area contributed by atoms with Gasteiger partial charge in [-0.1, -0.05) is 13.8 Å². The molecule has 0 bridgehead atoms. The van der Waals surface area contributed by atoms with Crippen LogP contribution in [0.25, 0.3) is 0 Å². The fourth-order valence-corrected chi connectivity index (χ4v) is 2.89. The monoisotopic (exact) mass is 279 g/mol. The lowest BCUT2D eigenvalue weighted by Gasteiger charge is -2.23. The highest BCUT2D eigenvalue weighted by atomic mass is 16.3. The molecule has 1 aliphatic heterocycles. The van der Waals surface area contributed by atoms with Gasteiger partial charge in [-0.15, -0.1) is 0 Å². The van der Waals surface area contributed by atoms with Crippen LogP contribution < -0.4 is 0 Å². The Bertz CT molecular complexity index is 442. The second kappa shape index (κ2) is 6.88. The SMILES string of the molecule is CC(C)Cc1cc(C(=O)N2CCCC2CCCO)n[nH]1. The molecule has 1 aliphatic rings. The molecule has 1 aromatic rings. The van der Waals surface area contributed by atoms with Crippen LogP contribution in [0.3, 0.4) is 0 Å². The van der Waals surface area contributed by atoms with E-state index in [1.807, 2.05) is 11.0 Å². The van der Waals surface area contributed by atoms with Gasteiger partial charge in [-0.25, -0.2) is 0 Å². The maximum atomic E-state index is 12.5. The average molecular weight is 279 g/mol. The van der Waals surface area contributed by atoms with Crippen molar-refractivity contribution in [3.63, 3.8) is 0 Å². The number of amides is 1. The van der Waals surface area contributed by atoms with E-state index in [2.05, 4.69) is 24.0 Å². The molecule has 1 atom stereocenters. The number of nitrogens with one attached hydrogen (secondary N) is 1. The Morgan fingerprint density at radius 2 is 2.40 bits per heavy atom. The summed E-state index contributed by atoms with van der Waals surface area (Å²) in [6.07, 6.45) is 4.63. The van der Waals surface area contributed by atoms with Crippen molar-refractivity contribution in [2.75, 3.05) is 13.2 Å². The maximum Gasteiger partial charge on any atom is 0.274 e. The van der Waals surface area contributed by atoms with Crippen molar-refractivity contribution in [1.82, 2.24) is 15.1 Å². The Hall–Kier alpha value is -1.36. The average Bonchev–Trinajstić information content (AvgIpc) is 3.03.